The normalized spacial score (nSPS) is 18.2. The number of ether oxygens (including phenoxy) is 1. The lowest BCUT2D eigenvalue weighted by Crippen LogP contribution is -2.47. The monoisotopic (exact) mass is 231 g/mol. The van der Waals surface area contributed by atoms with Gasteiger partial charge in [0.2, 0.25) is 0 Å². The Labute approximate surface area is 101 Å². The molecule has 4 heteroatoms. The molecule has 0 aliphatic carbocycles. The third-order valence-corrected chi connectivity index (χ3v) is 3.27. The predicted octanol–water partition coefficient (Wildman–Crippen LogP) is 1.46. The van der Waals surface area contributed by atoms with Crippen molar-refractivity contribution in [2.45, 2.75) is 13.5 Å². The van der Waals surface area contributed by atoms with Gasteiger partial charge in [-0.25, -0.2) is 4.52 Å². The highest BCUT2D eigenvalue weighted by molar-refractivity contribution is 5.53. The number of hydrogen-bond acceptors (Lipinski definition) is 3. The van der Waals surface area contributed by atoms with Crippen molar-refractivity contribution in [2.75, 3.05) is 19.8 Å². The van der Waals surface area contributed by atoms with Crippen LogP contribution in [0.1, 0.15) is 12.5 Å². The minimum absolute atomic E-state index is 0.322. The maximum absolute atomic E-state index is 5.24. The Bertz CT molecular complexity index is 516. The van der Waals surface area contributed by atoms with E-state index in [4.69, 9.17) is 4.74 Å². The fraction of sp³-hybridized carbons (Fsp3) is 0.462. The predicted molar refractivity (Wildman–Crippen MR) is 65.8 cm³/mol. The summed E-state index contributed by atoms with van der Waals surface area (Å²) in [6.07, 6.45) is 3.90. The fourth-order valence-corrected chi connectivity index (χ4v) is 2.18. The largest absolute Gasteiger partial charge is 0.380 e. The van der Waals surface area contributed by atoms with Crippen LogP contribution < -0.4 is 5.32 Å². The van der Waals surface area contributed by atoms with Gasteiger partial charge in [-0.15, -0.1) is 0 Å². The van der Waals surface area contributed by atoms with Gasteiger partial charge in [-0.2, -0.15) is 5.10 Å². The zero-order valence-corrected chi connectivity index (χ0v) is 10.0. The third-order valence-electron chi connectivity index (χ3n) is 3.27. The van der Waals surface area contributed by atoms with Crippen LogP contribution in [0.5, 0.6) is 0 Å². The molecule has 0 atom stereocenters. The molecule has 0 saturated carbocycles. The van der Waals surface area contributed by atoms with E-state index in [1.54, 1.807) is 0 Å². The van der Waals surface area contributed by atoms with E-state index in [0.29, 0.717) is 5.41 Å². The molecule has 0 spiro atoms. The molecule has 2 aromatic rings. The van der Waals surface area contributed by atoms with Gasteiger partial charge in [0.25, 0.3) is 0 Å². The Hall–Kier alpha value is -1.39. The number of aromatic nitrogens is 2. The maximum atomic E-state index is 5.24. The van der Waals surface area contributed by atoms with Crippen LogP contribution in [0.2, 0.25) is 0 Å². The van der Waals surface area contributed by atoms with Gasteiger partial charge in [0.15, 0.2) is 0 Å². The molecule has 17 heavy (non-hydrogen) atoms. The molecule has 3 rings (SSSR count). The first-order valence-corrected chi connectivity index (χ1v) is 5.97. The van der Waals surface area contributed by atoms with Gasteiger partial charge < -0.3 is 10.1 Å². The van der Waals surface area contributed by atoms with Gasteiger partial charge in [-0.1, -0.05) is 13.0 Å². The van der Waals surface area contributed by atoms with E-state index in [0.717, 1.165) is 26.3 Å². The van der Waals surface area contributed by atoms with Crippen LogP contribution in [0.4, 0.5) is 0 Å². The fourth-order valence-electron chi connectivity index (χ4n) is 2.18. The second-order valence-electron chi connectivity index (χ2n) is 5.11. The standard InChI is InChI=1S/C13H17N3O/c1-13(9-17-10-13)8-14-6-11-7-15-16-5-3-2-4-12(11)16/h2-5,7,14H,6,8-10H2,1H3. The zero-order chi connectivity index (χ0) is 11.7. The van der Waals surface area contributed by atoms with Crippen LogP contribution in [-0.2, 0) is 11.3 Å². The molecular weight excluding hydrogens is 214 g/mol. The van der Waals surface area contributed by atoms with E-state index < -0.39 is 0 Å². The SMILES string of the molecule is CC1(CNCc2cnn3ccccc23)COC1. The Morgan fingerprint density at radius 1 is 1.47 bits per heavy atom. The minimum Gasteiger partial charge on any atom is -0.380 e. The van der Waals surface area contributed by atoms with Crippen molar-refractivity contribution in [3.05, 3.63) is 36.2 Å². The average Bonchev–Trinajstić information content (AvgIpc) is 2.71. The van der Waals surface area contributed by atoms with E-state index in [-0.39, 0.29) is 0 Å². The zero-order valence-electron chi connectivity index (χ0n) is 10.0. The number of fused-ring (bicyclic) bond motifs is 1. The average molecular weight is 231 g/mol. The molecule has 1 N–H and O–H groups in total. The summed E-state index contributed by atoms with van der Waals surface area (Å²) in [6, 6.07) is 6.13. The number of nitrogens with zero attached hydrogens (tertiary/aromatic N) is 2. The Morgan fingerprint density at radius 3 is 3.12 bits per heavy atom. The highest BCUT2D eigenvalue weighted by Gasteiger charge is 2.32. The van der Waals surface area contributed by atoms with Crippen molar-refractivity contribution in [3.8, 4) is 0 Å². The summed E-state index contributed by atoms with van der Waals surface area (Å²) in [5, 5.41) is 7.81. The Kier molecular flexibility index (Phi) is 2.61. The molecule has 1 saturated heterocycles. The second-order valence-corrected chi connectivity index (χ2v) is 5.11. The molecule has 1 fully saturated rings. The molecule has 1 aliphatic heterocycles. The van der Waals surface area contributed by atoms with Crippen molar-refractivity contribution < 1.29 is 4.74 Å². The summed E-state index contributed by atoms with van der Waals surface area (Å²) < 4.78 is 7.15. The first-order valence-electron chi connectivity index (χ1n) is 5.97. The quantitative estimate of drug-likeness (QED) is 0.865. The molecule has 2 aromatic heterocycles. The summed E-state index contributed by atoms with van der Waals surface area (Å²) >= 11 is 0. The first-order chi connectivity index (χ1) is 8.27. The van der Waals surface area contributed by atoms with E-state index in [1.165, 1.54) is 11.1 Å². The molecule has 0 unspecified atom stereocenters. The van der Waals surface area contributed by atoms with Gasteiger partial charge in [-0.05, 0) is 12.1 Å². The van der Waals surface area contributed by atoms with Gasteiger partial charge in [0, 0.05) is 30.3 Å². The smallest absolute Gasteiger partial charge is 0.0706 e. The summed E-state index contributed by atoms with van der Waals surface area (Å²) in [5.41, 5.74) is 2.74. The first kappa shape index (κ1) is 10.7. The molecule has 90 valence electrons. The van der Waals surface area contributed by atoms with Crippen molar-refractivity contribution >= 4 is 5.52 Å². The van der Waals surface area contributed by atoms with Crippen LogP contribution in [-0.4, -0.2) is 29.4 Å². The number of hydrogen-bond donors (Lipinski definition) is 1. The summed E-state index contributed by atoms with van der Waals surface area (Å²) in [6.45, 7) is 5.85. The molecule has 0 aromatic carbocycles. The van der Waals surface area contributed by atoms with Gasteiger partial charge >= 0.3 is 0 Å². The lowest BCUT2D eigenvalue weighted by atomic mass is 9.89. The van der Waals surface area contributed by atoms with E-state index in [1.807, 2.05) is 29.0 Å². The lowest BCUT2D eigenvalue weighted by molar-refractivity contribution is -0.0991. The highest BCUT2D eigenvalue weighted by Crippen LogP contribution is 2.25. The van der Waals surface area contributed by atoms with E-state index in [2.05, 4.69) is 23.4 Å². The van der Waals surface area contributed by atoms with Gasteiger partial charge in [-0.3, -0.25) is 0 Å². The van der Waals surface area contributed by atoms with Crippen LogP contribution >= 0.6 is 0 Å². The van der Waals surface area contributed by atoms with E-state index in [9.17, 15) is 0 Å². The Balaban J connectivity index is 1.65. The van der Waals surface area contributed by atoms with Crippen molar-refractivity contribution in [3.63, 3.8) is 0 Å². The van der Waals surface area contributed by atoms with Crippen molar-refractivity contribution in [1.29, 1.82) is 0 Å². The summed E-state index contributed by atoms with van der Waals surface area (Å²) in [7, 11) is 0. The molecule has 0 radical (unpaired) electrons. The van der Waals surface area contributed by atoms with Crippen molar-refractivity contribution in [2.24, 2.45) is 5.41 Å². The number of rotatable bonds is 4. The van der Waals surface area contributed by atoms with E-state index >= 15 is 0 Å². The molecule has 1 aliphatic rings. The van der Waals surface area contributed by atoms with Crippen LogP contribution in [0.25, 0.3) is 5.52 Å². The number of nitrogens with one attached hydrogen (secondary N) is 1. The lowest BCUT2D eigenvalue weighted by Gasteiger charge is -2.38. The summed E-state index contributed by atoms with van der Waals surface area (Å²) in [4.78, 5) is 0. The molecule has 0 amide bonds. The van der Waals surface area contributed by atoms with Gasteiger partial charge in [0.1, 0.15) is 0 Å². The molecule has 3 heterocycles. The topological polar surface area (TPSA) is 38.6 Å². The van der Waals surface area contributed by atoms with Crippen molar-refractivity contribution in [1.82, 2.24) is 14.9 Å². The summed E-state index contributed by atoms with van der Waals surface area (Å²) in [5.74, 6) is 0. The van der Waals surface area contributed by atoms with Crippen LogP contribution in [0, 0.1) is 5.41 Å². The van der Waals surface area contributed by atoms with Crippen LogP contribution in [0.3, 0.4) is 0 Å². The Morgan fingerprint density at radius 2 is 2.35 bits per heavy atom. The minimum atomic E-state index is 0.322. The highest BCUT2D eigenvalue weighted by atomic mass is 16.5. The number of pyridine rings is 1. The molecule has 4 nitrogen and oxygen atoms in total. The molecule has 0 bridgehead atoms. The second kappa shape index (κ2) is 4.13. The third kappa shape index (κ3) is 2.06. The van der Waals surface area contributed by atoms with Crippen LogP contribution in [0.15, 0.2) is 30.6 Å². The molecular formula is C13H17N3O. The van der Waals surface area contributed by atoms with Gasteiger partial charge in [0.05, 0.1) is 24.9 Å². The maximum Gasteiger partial charge on any atom is 0.0706 e.